The highest BCUT2D eigenvalue weighted by atomic mass is 32.2. The average Bonchev–Trinajstić information content (AvgIpc) is 2.94. The minimum absolute atomic E-state index is 0.260. The van der Waals surface area contributed by atoms with Gasteiger partial charge in [0.25, 0.3) is 0 Å². The molecule has 0 aliphatic carbocycles. The zero-order chi connectivity index (χ0) is 12.3. The van der Waals surface area contributed by atoms with E-state index < -0.39 is 0 Å². The lowest BCUT2D eigenvalue weighted by molar-refractivity contribution is 0.407. The molecule has 0 saturated carbocycles. The monoisotopic (exact) mass is 252 g/mol. The van der Waals surface area contributed by atoms with Gasteiger partial charge in [-0.1, -0.05) is 25.6 Å². The fraction of sp³-hybridized carbons (Fsp3) is 0.667. The van der Waals surface area contributed by atoms with E-state index in [1.54, 1.807) is 0 Å². The van der Waals surface area contributed by atoms with Crippen LogP contribution in [0, 0.1) is 0 Å². The molecule has 0 spiro atoms. The molecular formula is C12H20N4S. The number of nitrogens with one attached hydrogen (secondary N) is 1. The largest absolute Gasteiger partial charge is 0.359 e. The Bertz CT molecular complexity index is 406. The van der Waals surface area contributed by atoms with Crippen LogP contribution in [-0.4, -0.2) is 26.2 Å². The second-order valence-corrected chi connectivity index (χ2v) is 5.43. The van der Waals surface area contributed by atoms with Gasteiger partial charge in [0.1, 0.15) is 0 Å². The molecule has 2 rings (SSSR count). The zero-order valence-electron chi connectivity index (χ0n) is 10.7. The number of hydrogen-bond acceptors (Lipinski definition) is 3. The molecular weight excluding hydrogens is 232 g/mol. The maximum Gasteiger partial charge on any atom is 0.157 e. The van der Waals surface area contributed by atoms with E-state index in [4.69, 9.17) is 0 Å². The van der Waals surface area contributed by atoms with E-state index in [2.05, 4.69) is 29.3 Å². The fourth-order valence-electron chi connectivity index (χ4n) is 1.93. The summed E-state index contributed by atoms with van der Waals surface area (Å²) >= 11 is 1.84. The third-order valence-corrected chi connectivity index (χ3v) is 4.72. The summed E-state index contributed by atoms with van der Waals surface area (Å²) in [5.74, 6) is 1.13. The Balaban J connectivity index is 1.99. The molecule has 2 heterocycles. The van der Waals surface area contributed by atoms with Crippen LogP contribution < -0.4 is 5.32 Å². The van der Waals surface area contributed by atoms with Gasteiger partial charge in [0.05, 0.1) is 12.2 Å². The van der Waals surface area contributed by atoms with Crippen molar-refractivity contribution in [1.82, 2.24) is 15.1 Å². The van der Waals surface area contributed by atoms with Crippen LogP contribution in [0.2, 0.25) is 0 Å². The van der Waals surface area contributed by atoms with Gasteiger partial charge in [-0.15, -0.1) is 0 Å². The minimum atomic E-state index is 0.260. The second-order valence-electron chi connectivity index (χ2n) is 4.47. The third kappa shape index (κ3) is 2.65. The van der Waals surface area contributed by atoms with Gasteiger partial charge in [-0.2, -0.15) is 5.10 Å². The summed E-state index contributed by atoms with van der Waals surface area (Å²) in [4.78, 5) is 4.63. The molecule has 0 radical (unpaired) electrons. The number of aliphatic imine (C=N–C) groups is 1. The number of nitrogens with zero attached hydrogens (tertiary/aromatic N) is 3. The number of aryl methyl sites for hydroxylation is 1. The maximum atomic E-state index is 4.63. The van der Waals surface area contributed by atoms with Gasteiger partial charge in [0.15, 0.2) is 5.17 Å². The van der Waals surface area contributed by atoms with Gasteiger partial charge in [-0.3, -0.25) is 9.67 Å². The van der Waals surface area contributed by atoms with Crippen molar-refractivity contribution in [3.05, 3.63) is 18.0 Å². The van der Waals surface area contributed by atoms with E-state index in [0.717, 1.165) is 29.5 Å². The van der Waals surface area contributed by atoms with E-state index in [-0.39, 0.29) is 5.54 Å². The molecule has 1 aromatic rings. The average molecular weight is 252 g/mol. The van der Waals surface area contributed by atoms with Crippen molar-refractivity contribution in [2.24, 2.45) is 12.0 Å². The van der Waals surface area contributed by atoms with Gasteiger partial charge < -0.3 is 5.32 Å². The summed E-state index contributed by atoms with van der Waals surface area (Å²) in [5.41, 5.74) is 1.40. The van der Waals surface area contributed by atoms with Gasteiger partial charge in [0.2, 0.25) is 0 Å². The van der Waals surface area contributed by atoms with Crippen LogP contribution in [0.4, 0.5) is 0 Å². The van der Waals surface area contributed by atoms with Crippen molar-refractivity contribution < 1.29 is 0 Å². The summed E-state index contributed by atoms with van der Waals surface area (Å²) in [6.07, 6.45) is 4.12. The smallest absolute Gasteiger partial charge is 0.157 e. The molecule has 1 aliphatic heterocycles. The third-order valence-electron chi connectivity index (χ3n) is 3.52. The molecule has 1 saturated heterocycles. The summed E-state index contributed by atoms with van der Waals surface area (Å²) < 4.78 is 1.87. The topological polar surface area (TPSA) is 42.2 Å². The molecule has 1 N–H and O–H groups in total. The Labute approximate surface area is 107 Å². The second kappa shape index (κ2) is 5.12. The van der Waals surface area contributed by atoms with Crippen LogP contribution in [0.5, 0.6) is 0 Å². The highest BCUT2D eigenvalue weighted by Gasteiger charge is 2.33. The molecule has 0 atom stereocenters. The van der Waals surface area contributed by atoms with E-state index in [0.29, 0.717) is 6.54 Å². The standard InChI is InChI=1S/C12H20N4S/c1-4-12(5-2)9-17-11(15-12)13-8-10-6-7-14-16(10)3/h6-7H,4-5,8-9H2,1-3H3,(H,13,15). The number of thioether (sulfide) groups is 1. The first-order chi connectivity index (χ1) is 8.19. The first-order valence-corrected chi connectivity index (χ1v) is 7.10. The molecule has 1 aromatic heterocycles. The van der Waals surface area contributed by atoms with Gasteiger partial charge in [0, 0.05) is 24.5 Å². The Kier molecular flexibility index (Phi) is 3.76. The quantitative estimate of drug-likeness (QED) is 0.893. The van der Waals surface area contributed by atoms with Gasteiger partial charge in [-0.25, -0.2) is 0 Å². The minimum Gasteiger partial charge on any atom is -0.359 e. The van der Waals surface area contributed by atoms with Gasteiger partial charge in [-0.05, 0) is 18.9 Å². The number of hydrogen-bond donors (Lipinski definition) is 1. The summed E-state index contributed by atoms with van der Waals surface area (Å²) in [6.45, 7) is 5.18. The van der Waals surface area contributed by atoms with Crippen LogP contribution in [-0.2, 0) is 13.6 Å². The molecule has 0 unspecified atom stereocenters. The summed E-state index contributed by atoms with van der Waals surface area (Å²) in [7, 11) is 1.95. The first-order valence-electron chi connectivity index (χ1n) is 6.11. The first kappa shape index (κ1) is 12.5. The molecule has 5 heteroatoms. The molecule has 94 valence electrons. The van der Waals surface area contributed by atoms with E-state index in [9.17, 15) is 0 Å². The van der Waals surface area contributed by atoms with Crippen LogP contribution in [0.3, 0.4) is 0 Å². The molecule has 4 nitrogen and oxygen atoms in total. The number of amidine groups is 1. The van der Waals surface area contributed by atoms with Crippen molar-refractivity contribution in [3.63, 3.8) is 0 Å². The lowest BCUT2D eigenvalue weighted by Gasteiger charge is -2.25. The summed E-state index contributed by atoms with van der Waals surface area (Å²) in [6, 6.07) is 2.01. The van der Waals surface area contributed by atoms with Crippen molar-refractivity contribution in [2.75, 3.05) is 5.75 Å². The van der Waals surface area contributed by atoms with Crippen LogP contribution in [0.15, 0.2) is 17.3 Å². The highest BCUT2D eigenvalue weighted by Crippen LogP contribution is 2.29. The molecule has 0 aromatic carbocycles. The van der Waals surface area contributed by atoms with E-state index in [1.807, 2.05) is 35.8 Å². The number of rotatable bonds is 4. The van der Waals surface area contributed by atoms with Crippen LogP contribution in [0.1, 0.15) is 32.4 Å². The molecule has 0 bridgehead atoms. The summed E-state index contributed by atoms with van der Waals surface area (Å²) in [5, 5.41) is 8.79. The molecule has 1 fully saturated rings. The lowest BCUT2D eigenvalue weighted by atomic mass is 9.96. The predicted octanol–water partition coefficient (Wildman–Crippen LogP) is 2.17. The molecule has 17 heavy (non-hydrogen) atoms. The van der Waals surface area contributed by atoms with Crippen LogP contribution >= 0.6 is 11.8 Å². The molecule has 1 aliphatic rings. The Morgan fingerprint density at radius 3 is 2.82 bits per heavy atom. The normalized spacial score (nSPS) is 20.8. The van der Waals surface area contributed by atoms with Crippen molar-refractivity contribution >= 4 is 16.9 Å². The Hall–Kier alpha value is -0.970. The molecule has 0 amide bonds. The van der Waals surface area contributed by atoms with E-state index in [1.165, 1.54) is 0 Å². The maximum absolute atomic E-state index is 4.63. The van der Waals surface area contributed by atoms with Crippen molar-refractivity contribution in [2.45, 2.75) is 38.8 Å². The predicted molar refractivity (Wildman–Crippen MR) is 73.3 cm³/mol. The number of aromatic nitrogens is 2. The fourth-order valence-corrected chi connectivity index (χ4v) is 3.27. The van der Waals surface area contributed by atoms with Gasteiger partial charge >= 0.3 is 0 Å². The Morgan fingerprint density at radius 1 is 1.53 bits per heavy atom. The van der Waals surface area contributed by atoms with E-state index >= 15 is 0 Å². The highest BCUT2D eigenvalue weighted by molar-refractivity contribution is 8.14. The zero-order valence-corrected chi connectivity index (χ0v) is 11.5. The van der Waals surface area contributed by atoms with Crippen LogP contribution in [0.25, 0.3) is 0 Å². The lowest BCUT2D eigenvalue weighted by Crippen LogP contribution is -2.42. The SMILES string of the molecule is CCC1(CC)CSC(=NCc2ccnn2C)N1. The van der Waals surface area contributed by atoms with Crippen molar-refractivity contribution in [3.8, 4) is 0 Å². The Morgan fingerprint density at radius 2 is 2.29 bits per heavy atom. The van der Waals surface area contributed by atoms with Crippen molar-refractivity contribution in [1.29, 1.82) is 0 Å².